The zero-order valence-corrected chi connectivity index (χ0v) is 20.8. The summed E-state index contributed by atoms with van der Waals surface area (Å²) in [6.07, 6.45) is 8.81. The first-order valence-corrected chi connectivity index (χ1v) is 12.8. The Morgan fingerprint density at radius 3 is 2.65 bits per heavy atom. The highest BCUT2D eigenvalue weighted by Gasteiger charge is 2.55. The van der Waals surface area contributed by atoms with Gasteiger partial charge in [-0.3, -0.25) is 9.69 Å². The van der Waals surface area contributed by atoms with Crippen LogP contribution in [0.1, 0.15) is 43.2 Å². The summed E-state index contributed by atoms with van der Waals surface area (Å²) in [5, 5.41) is 4.04. The van der Waals surface area contributed by atoms with Gasteiger partial charge in [0, 0.05) is 41.2 Å². The molecule has 2 fully saturated rings. The molecule has 1 amide bonds. The molecule has 5 nitrogen and oxygen atoms in total. The lowest BCUT2D eigenvalue weighted by Gasteiger charge is -2.27. The number of benzene rings is 2. The summed E-state index contributed by atoms with van der Waals surface area (Å²) >= 11 is 1.96. The van der Waals surface area contributed by atoms with Gasteiger partial charge in [0.1, 0.15) is 0 Å². The summed E-state index contributed by atoms with van der Waals surface area (Å²) in [6, 6.07) is 11.5. The highest BCUT2D eigenvalue weighted by atomic mass is 127. The highest BCUT2D eigenvalue weighted by Crippen LogP contribution is 2.49. The van der Waals surface area contributed by atoms with Crippen molar-refractivity contribution in [3.05, 3.63) is 71.6 Å². The predicted octanol–water partition coefficient (Wildman–Crippen LogP) is 5.46. The average molecular weight is 574 g/mol. The highest BCUT2D eigenvalue weighted by molar-refractivity contribution is 14.1. The maximum absolute atomic E-state index is 15.2. The van der Waals surface area contributed by atoms with Crippen LogP contribution in [0, 0.1) is 11.6 Å². The van der Waals surface area contributed by atoms with Crippen molar-refractivity contribution in [3.63, 3.8) is 0 Å². The first-order valence-electron chi connectivity index (χ1n) is 11.8. The summed E-state index contributed by atoms with van der Waals surface area (Å²) in [4.78, 5) is 18.1. The maximum atomic E-state index is 15.2. The van der Waals surface area contributed by atoms with E-state index in [1.54, 1.807) is 23.2 Å². The molecule has 3 aliphatic rings. The number of carbonyl (C=O) groups excluding carboxylic acids is 1. The normalized spacial score (nSPS) is 22.9. The number of anilines is 1. The van der Waals surface area contributed by atoms with E-state index < -0.39 is 17.0 Å². The van der Waals surface area contributed by atoms with Gasteiger partial charge in [0.25, 0.3) is 0 Å². The second-order valence-corrected chi connectivity index (χ2v) is 10.7. The fourth-order valence-corrected chi connectivity index (χ4v) is 6.54. The molecule has 0 radical (unpaired) electrons. The Morgan fingerprint density at radius 2 is 1.88 bits per heavy atom. The van der Waals surface area contributed by atoms with Gasteiger partial charge in [0.15, 0.2) is 11.6 Å². The van der Waals surface area contributed by atoms with Crippen LogP contribution in [-0.2, 0) is 16.8 Å². The Morgan fingerprint density at radius 1 is 1.09 bits per heavy atom. The number of rotatable bonds is 4. The first-order chi connectivity index (χ1) is 16.5. The van der Waals surface area contributed by atoms with E-state index in [-0.39, 0.29) is 23.6 Å². The summed E-state index contributed by atoms with van der Waals surface area (Å²) in [5.41, 5.74) is 2.09. The molecule has 0 N–H and O–H groups in total. The van der Waals surface area contributed by atoms with Crippen molar-refractivity contribution in [2.45, 2.75) is 50.1 Å². The third-order valence-electron chi connectivity index (χ3n) is 7.86. The number of hydrogen-bond donors (Lipinski definition) is 0. The smallest absolute Gasteiger partial charge is 0.239 e. The molecule has 34 heavy (non-hydrogen) atoms. The molecule has 2 aromatic carbocycles. The van der Waals surface area contributed by atoms with Crippen LogP contribution in [0.2, 0.25) is 0 Å². The van der Waals surface area contributed by atoms with Crippen LogP contribution in [-0.4, -0.2) is 37.9 Å². The fraction of sp³-hybridized carbons (Fsp3) is 0.385. The van der Waals surface area contributed by atoms with Crippen LogP contribution in [0.4, 0.5) is 14.5 Å². The number of hydrogen-bond acceptors (Lipinski definition) is 3. The number of carbonyl (C=O) groups is 1. The zero-order chi connectivity index (χ0) is 23.4. The number of aromatic nitrogens is 2. The molecular formula is C26H25F2IN4O. The molecule has 6 rings (SSSR count). The Bertz CT molecular complexity index is 1270. The Balaban J connectivity index is 1.32. The summed E-state index contributed by atoms with van der Waals surface area (Å²) < 4.78 is 31.7. The maximum Gasteiger partial charge on any atom is 0.239 e. The fourth-order valence-electron chi connectivity index (χ4n) is 6.11. The van der Waals surface area contributed by atoms with E-state index in [0.29, 0.717) is 18.2 Å². The van der Waals surface area contributed by atoms with Gasteiger partial charge in [-0.25, -0.2) is 11.7 Å². The van der Waals surface area contributed by atoms with Crippen LogP contribution in [0.15, 0.2) is 48.8 Å². The molecule has 1 saturated carbocycles. The summed E-state index contributed by atoms with van der Waals surface area (Å²) in [5.74, 6) is -1.82. The number of para-hydroxylation sites is 1. The van der Waals surface area contributed by atoms with Crippen molar-refractivity contribution in [1.29, 1.82) is 0 Å². The SMILES string of the molecule is O=C1N(Cc2ccc(-c3cnn(I)c3)c(F)c2F)c2ccccc2C12CCN(C1CCCC1)C2. The van der Waals surface area contributed by atoms with E-state index in [1.807, 2.05) is 47.1 Å². The number of nitrogens with zero attached hydrogens (tertiary/aromatic N) is 4. The standard InChI is InChI=1S/C26H25F2IN4O/c27-23-17(9-10-20(24(23)28)18-13-30-33(29)15-18)14-32-22-8-4-3-7-21(22)26(25(32)34)11-12-31(16-26)19-5-1-2-6-19/h3-4,7-10,13,15,19H,1-2,5-6,11-12,14,16H2. The molecule has 2 aliphatic heterocycles. The number of fused-ring (bicyclic) bond motifs is 2. The van der Waals surface area contributed by atoms with Crippen LogP contribution in [0.5, 0.6) is 0 Å². The monoisotopic (exact) mass is 574 g/mol. The van der Waals surface area contributed by atoms with E-state index in [2.05, 4.69) is 10.00 Å². The molecule has 1 aliphatic carbocycles. The van der Waals surface area contributed by atoms with E-state index >= 15 is 8.78 Å². The van der Waals surface area contributed by atoms with Crippen molar-refractivity contribution < 1.29 is 13.6 Å². The predicted molar refractivity (Wildman–Crippen MR) is 135 cm³/mol. The second-order valence-electron chi connectivity index (χ2n) is 9.67. The molecular weight excluding hydrogens is 549 g/mol. The minimum atomic E-state index is -0.913. The van der Waals surface area contributed by atoms with Gasteiger partial charge in [0.05, 0.1) is 41.0 Å². The zero-order valence-electron chi connectivity index (χ0n) is 18.7. The molecule has 1 saturated heterocycles. The summed E-state index contributed by atoms with van der Waals surface area (Å²) in [6.45, 7) is 1.62. The van der Waals surface area contributed by atoms with Crippen LogP contribution in [0.25, 0.3) is 11.1 Å². The quantitative estimate of drug-likeness (QED) is 0.389. The van der Waals surface area contributed by atoms with Gasteiger partial charge < -0.3 is 4.90 Å². The van der Waals surface area contributed by atoms with Crippen molar-refractivity contribution in [3.8, 4) is 11.1 Å². The molecule has 3 heterocycles. The topological polar surface area (TPSA) is 41.4 Å². The largest absolute Gasteiger partial charge is 0.307 e. The third kappa shape index (κ3) is 3.40. The molecule has 8 heteroatoms. The Labute approximate surface area is 211 Å². The lowest BCUT2D eigenvalue weighted by Crippen LogP contribution is -2.43. The van der Waals surface area contributed by atoms with Crippen LogP contribution >= 0.6 is 22.9 Å². The van der Waals surface area contributed by atoms with Gasteiger partial charge in [-0.1, -0.05) is 43.2 Å². The minimum Gasteiger partial charge on any atom is -0.307 e. The van der Waals surface area contributed by atoms with Crippen LogP contribution < -0.4 is 4.90 Å². The number of amides is 1. The van der Waals surface area contributed by atoms with E-state index in [9.17, 15) is 4.79 Å². The molecule has 176 valence electrons. The Hall–Kier alpha value is -2.33. The van der Waals surface area contributed by atoms with E-state index in [4.69, 9.17) is 0 Å². The average Bonchev–Trinajstić information content (AvgIpc) is 3.63. The van der Waals surface area contributed by atoms with Gasteiger partial charge in [0.2, 0.25) is 5.91 Å². The minimum absolute atomic E-state index is 0.00395. The molecule has 1 atom stereocenters. The third-order valence-corrected chi connectivity index (χ3v) is 8.39. The number of halogens is 3. The van der Waals surface area contributed by atoms with Crippen molar-refractivity contribution in [2.75, 3.05) is 18.0 Å². The Kier molecular flexibility index (Phi) is 5.48. The van der Waals surface area contributed by atoms with Gasteiger partial charge >= 0.3 is 0 Å². The molecule has 1 unspecified atom stereocenters. The van der Waals surface area contributed by atoms with Gasteiger partial charge in [-0.2, -0.15) is 5.10 Å². The molecule has 1 aromatic heterocycles. The van der Waals surface area contributed by atoms with Gasteiger partial charge in [-0.05, 0) is 37.4 Å². The van der Waals surface area contributed by atoms with Crippen LogP contribution in [0.3, 0.4) is 0 Å². The first kappa shape index (κ1) is 22.2. The summed E-state index contributed by atoms with van der Waals surface area (Å²) in [7, 11) is 0. The van der Waals surface area contributed by atoms with Crippen molar-refractivity contribution in [2.24, 2.45) is 0 Å². The molecule has 3 aromatic rings. The lowest BCUT2D eigenvalue weighted by atomic mass is 9.81. The van der Waals surface area contributed by atoms with Gasteiger partial charge in [-0.15, -0.1) is 0 Å². The lowest BCUT2D eigenvalue weighted by molar-refractivity contribution is -0.123. The second kappa shape index (κ2) is 8.41. The van der Waals surface area contributed by atoms with E-state index in [0.717, 1.165) is 24.2 Å². The number of likely N-dealkylation sites (tertiary alicyclic amines) is 1. The van der Waals surface area contributed by atoms with Crippen molar-refractivity contribution in [1.82, 2.24) is 12.9 Å². The molecule has 0 bridgehead atoms. The van der Waals surface area contributed by atoms with E-state index in [1.165, 1.54) is 34.8 Å². The molecule has 1 spiro atoms. The van der Waals surface area contributed by atoms with Crippen molar-refractivity contribution >= 4 is 34.5 Å².